The first-order valence-electron chi connectivity index (χ1n) is 6.57. The van der Waals surface area contributed by atoms with Crippen molar-refractivity contribution in [3.8, 4) is 11.1 Å². The molecule has 1 amide bonds. The van der Waals surface area contributed by atoms with Crippen LogP contribution in [0.3, 0.4) is 0 Å². The van der Waals surface area contributed by atoms with Gasteiger partial charge in [-0.05, 0) is 17.7 Å². The minimum atomic E-state index is -0.274. The van der Waals surface area contributed by atoms with Crippen molar-refractivity contribution in [1.82, 2.24) is 25.0 Å². The number of nitrogens with one attached hydrogen (secondary N) is 1. The first-order chi connectivity index (χ1) is 9.68. The highest BCUT2D eigenvalue weighted by atomic mass is 16.2. The smallest absolute Gasteiger partial charge is 0.248 e. The van der Waals surface area contributed by atoms with Gasteiger partial charge in [-0.25, -0.2) is 0 Å². The van der Waals surface area contributed by atoms with Gasteiger partial charge in [-0.1, -0.05) is 0 Å². The molecule has 1 atom stereocenters. The second-order valence-electron chi connectivity index (χ2n) is 5.06. The lowest BCUT2D eigenvalue weighted by Crippen LogP contribution is -2.42. The molecule has 2 aromatic rings. The highest BCUT2D eigenvalue weighted by molar-refractivity contribution is 5.81. The third-order valence-corrected chi connectivity index (χ3v) is 3.54. The number of carbonyl (C=O) groups is 1. The number of hydrogen-bond acceptors (Lipinski definition) is 4. The minimum absolute atomic E-state index is 0.0582. The van der Waals surface area contributed by atoms with Crippen molar-refractivity contribution >= 4 is 5.91 Å². The standard InChI is InChI=1S/C14H17N5O/c1-18(2)14(20)13-9-16-8-12-11(7-17-19(12)13)10-3-5-15-6-4-10/h3-7,13,16H,8-9H2,1-2H3. The molecule has 1 N–H and O–H groups in total. The third-order valence-electron chi connectivity index (χ3n) is 3.54. The van der Waals surface area contributed by atoms with Crippen LogP contribution in [0.2, 0.25) is 0 Å². The fourth-order valence-electron chi connectivity index (χ4n) is 2.51. The van der Waals surface area contributed by atoms with E-state index in [4.69, 9.17) is 0 Å². The number of amides is 1. The van der Waals surface area contributed by atoms with E-state index >= 15 is 0 Å². The Labute approximate surface area is 117 Å². The molecule has 1 aliphatic heterocycles. The molecule has 2 aromatic heterocycles. The van der Waals surface area contributed by atoms with Crippen molar-refractivity contribution in [3.05, 3.63) is 36.4 Å². The van der Waals surface area contributed by atoms with E-state index in [1.807, 2.05) is 23.0 Å². The lowest BCUT2D eigenvalue weighted by Gasteiger charge is -2.27. The van der Waals surface area contributed by atoms with Gasteiger partial charge in [-0.2, -0.15) is 5.10 Å². The highest BCUT2D eigenvalue weighted by Crippen LogP contribution is 2.27. The molecule has 104 valence electrons. The van der Waals surface area contributed by atoms with Crippen molar-refractivity contribution in [2.24, 2.45) is 0 Å². The van der Waals surface area contributed by atoms with Crippen LogP contribution in [0.5, 0.6) is 0 Å². The second-order valence-corrected chi connectivity index (χ2v) is 5.06. The Morgan fingerprint density at radius 1 is 1.40 bits per heavy atom. The number of fused-ring (bicyclic) bond motifs is 1. The Balaban J connectivity index is 2.02. The average Bonchev–Trinajstić information content (AvgIpc) is 2.91. The van der Waals surface area contributed by atoms with Gasteiger partial charge in [0.2, 0.25) is 5.91 Å². The minimum Gasteiger partial charge on any atom is -0.347 e. The Morgan fingerprint density at radius 3 is 2.85 bits per heavy atom. The van der Waals surface area contributed by atoms with Crippen LogP contribution >= 0.6 is 0 Å². The number of rotatable bonds is 2. The molecule has 0 aliphatic carbocycles. The van der Waals surface area contributed by atoms with Crippen molar-refractivity contribution < 1.29 is 4.79 Å². The predicted octanol–water partition coefficient (Wildman–Crippen LogP) is 0.678. The molecule has 3 rings (SSSR count). The highest BCUT2D eigenvalue weighted by Gasteiger charge is 2.29. The van der Waals surface area contributed by atoms with Crippen LogP contribution in [0, 0.1) is 0 Å². The van der Waals surface area contributed by atoms with Crippen molar-refractivity contribution in [1.29, 1.82) is 0 Å². The Bertz CT molecular complexity index is 620. The van der Waals surface area contributed by atoms with Crippen LogP contribution in [0.25, 0.3) is 11.1 Å². The number of nitrogens with zero attached hydrogens (tertiary/aromatic N) is 4. The zero-order chi connectivity index (χ0) is 14.1. The monoisotopic (exact) mass is 271 g/mol. The van der Waals surface area contributed by atoms with Crippen LogP contribution in [-0.2, 0) is 11.3 Å². The van der Waals surface area contributed by atoms with Gasteiger partial charge in [0.15, 0.2) is 0 Å². The van der Waals surface area contributed by atoms with E-state index < -0.39 is 0 Å². The third kappa shape index (κ3) is 2.08. The van der Waals surface area contributed by atoms with E-state index in [1.165, 1.54) is 0 Å². The normalized spacial score (nSPS) is 17.6. The van der Waals surface area contributed by atoms with Gasteiger partial charge in [-0.15, -0.1) is 0 Å². The molecule has 0 spiro atoms. The van der Waals surface area contributed by atoms with Crippen LogP contribution < -0.4 is 5.32 Å². The van der Waals surface area contributed by atoms with Gasteiger partial charge in [0, 0.05) is 45.1 Å². The Kier molecular flexibility index (Phi) is 3.23. The summed E-state index contributed by atoms with van der Waals surface area (Å²) in [6, 6.07) is 3.63. The van der Waals surface area contributed by atoms with Crippen molar-refractivity contribution in [3.63, 3.8) is 0 Å². The summed E-state index contributed by atoms with van der Waals surface area (Å²) in [5, 5.41) is 7.73. The zero-order valence-corrected chi connectivity index (χ0v) is 11.6. The van der Waals surface area contributed by atoms with Gasteiger partial charge < -0.3 is 10.2 Å². The van der Waals surface area contributed by atoms with Crippen LogP contribution in [0.15, 0.2) is 30.7 Å². The molecule has 0 fully saturated rings. The van der Waals surface area contributed by atoms with Crippen LogP contribution in [0.1, 0.15) is 11.7 Å². The van der Waals surface area contributed by atoms with E-state index in [9.17, 15) is 4.79 Å². The molecule has 20 heavy (non-hydrogen) atoms. The molecule has 6 heteroatoms. The molecule has 0 saturated heterocycles. The quantitative estimate of drug-likeness (QED) is 0.872. The molecule has 1 unspecified atom stereocenters. The van der Waals surface area contributed by atoms with Crippen LogP contribution in [-0.4, -0.2) is 46.2 Å². The first-order valence-corrected chi connectivity index (χ1v) is 6.57. The number of aromatic nitrogens is 3. The molecule has 6 nitrogen and oxygen atoms in total. The fraction of sp³-hybridized carbons (Fsp3) is 0.357. The number of pyridine rings is 1. The van der Waals surface area contributed by atoms with E-state index in [0.717, 1.165) is 23.4 Å². The molecule has 1 aliphatic rings. The van der Waals surface area contributed by atoms with Crippen LogP contribution in [0.4, 0.5) is 0 Å². The number of carbonyl (C=O) groups excluding carboxylic acids is 1. The summed E-state index contributed by atoms with van der Waals surface area (Å²) in [7, 11) is 3.54. The summed E-state index contributed by atoms with van der Waals surface area (Å²) in [5.41, 5.74) is 3.17. The molecule has 0 aromatic carbocycles. The van der Waals surface area contributed by atoms with Gasteiger partial charge in [0.25, 0.3) is 0 Å². The molecule has 3 heterocycles. The maximum Gasteiger partial charge on any atom is 0.248 e. The number of likely N-dealkylation sites (N-methyl/N-ethyl adjacent to an activating group) is 1. The fourth-order valence-corrected chi connectivity index (χ4v) is 2.51. The van der Waals surface area contributed by atoms with Gasteiger partial charge in [0.1, 0.15) is 6.04 Å². The second kappa shape index (κ2) is 5.05. The van der Waals surface area contributed by atoms with Crippen molar-refractivity contribution in [2.45, 2.75) is 12.6 Å². The molecule has 0 bridgehead atoms. The molecular weight excluding hydrogens is 254 g/mol. The zero-order valence-electron chi connectivity index (χ0n) is 11.6. The summed E-state index contributed by atoms with van der Waals surface area (Å²) in [6.07, 6.45) is 5.35. The van der Waals surface area contributed by atoms with E-state index in [1.54, 1.807) is 31.4 Å². The van der Waals surface area contributed by atoms with Gasteiger partial charge in [0.05, 0.1) is 11.9 Å². The molecular formula is C14H17N5O. The van der Waals surface area contributed by atoms with Gasteiger partial charge in [-0.3, -0.25) is 14.5 Å². The average molecular weight is 271 g/mol. The first kappa shape index (κ1) is 12.8. The van der Waals surface area contributed by atoms with E-state index in [0.29, 0.717) is 6.54 Å². The SMILES string of the molecule is CN(C)C(=O)C1CNCc2c(-c3ccncc3)cnn21. The van der Waals surface area contributed by atoms with Gasteiger partial charge >= 0.3 is 0 Å². The topological polar surface area (TPSA) is 63.1 Å². The lowest BCUT2D eigenvalue weighted by atomic mass is 10.1. The van der Waals surface area contributed by atoms with E-state index in [-0.39, 0.29) is 11.9 Å². The Hall–Kier alpha value is -2.21. The largest absolute Gasteiger partial charge is 0.347 e. The molecule has 0 saturated carbocycles. The maximum absolute atomic E-state index is 12.2. The van der Waals surface area contributed by atoms with E-state index in [2.05, 4.69) is 15.4 Å². The summed E-state index contributed by atoms with van der Waals surface area (Å²) >= 11 is 0. The summed E-state index contributed by atoms with van der Waals surface area (Å²) in [4.78, 5) is 17.9. The number of hydrogen-bond donors (Lipinski definition) is 1. The molecule has 0 radical (unpaired) electrons. The van der Waals surface area contributed by atoms with Crippen molar-refractivity contribution in [2.75, 3.05) is 20.6 Å². The summed E-state index contributed by atoms with van der Waals surface area (Å²) in [5.74, 6) is 0.0582. The maximum atomic E-state index is 12.2. The lowest BCUT2D eigenvalue weighted by molar-refractivity contribution is -0.132. The summed E-state index contributed by atoms with van der Waals surface area (Å²) < 4.78 is 1.84. The predicted molar refractivity (Wildman–Crippen MR) is 74.9 cm³/mol. The summed E-state index contributed by atoms with van der Waals surface area (Å²) in [6.45, 7) is 1.33. The Morgan fingerprint density at radius 2 is 2.15 bits per heavy atom.